The van der Waals surface area contributed by atoms with Crippen molar-refractivity contribution in [2.75, 3.05) is 25.0 Å². The zero-order chi connectivity index (χ0) is 20.9. The molecule has 3 rings (SSSR count). The third-order valence-corrected chi connectivity index (χ3v) is 3.46. The molecule has 0 unspecified atom stereocenters. The monoisotopic (exact) mass is 412 g/mol. The average Bonchev–Trinajstić information content (AvgIpc) is 2.47. The van der Waals surface area contributed by atoms with Crippen molar-refractivity contribution in [3.05, 3.63) is 24.5 Å². The fraction of sp³-hybridized carbons (Fsp3) is 0.400. The number of aliphatic hydroxyl groups is 1. The molecule has 1 saturated heterocycles. The van der Waals surface area contributed by atoms with Gasteiger partial charge in [0.25, 0.3) is 0 Å². The van der Waals surface area contributed by atoms with Crippen LogP contribution in [0.5, 0.6) is 5.75 Å². The van der Waals surface area contributed by atoms with Gasteiger partial charge in [0.2, 0.25) is 5.91 Å². The molecule has 154 valence electrons. The van der Waals surface area contributed by atoms with E-state index in [1.54, 1.807) is 4.90 Å². The van der Waals surface area contributed by atoms with Crippen LogP contribution in [0.1, 0.15) is 6.42 Å². The van der Waals surface area contributed by atoms with Gasteiger partial charge in [-0.3, -0.25) is 4.79 Å². The first kappa shape index (κ1) is 21.5. The minimum atomic E-state index is -5.00. The number of benzene rings is 1. The van der Waals surface area contributed by atoms with Gasteiger partial charge in [0, 0.05) is 24.5 Å². The summed E-state index contributed by atoms with van der Waals surface area (Å²) in [6.45, 7) is 1.58. The van der Waals surface area contributed by atoms with Gasteiger partial charge in [-0.15, -0.1) is 26.3 Å². The number of nitrogens with zero attached hydrogens (tertiary/aromatic N) is 3. The lowest BCUT2D eigenvalue weighted by molar-refractivity contribution is -0.295. The molecule has 28 heavy (non-hydrogen) atoms. The Balaban J connectivity index is 0.000000500. The average molecular weight is 412 g/mol. The van der Waals surface area contributed by atoms with E-state index in [2.05, 4.69) is 20.0 Å². The molecule has 0 radical (unpaired) electrons. The molecule has 0 spiro atoms. The van der Waals surface area contributed by atoms with E-state index in [0.29, 0.717) is 16.7 Å². The van der Waals surface area contributed by atoms with E-state index in [-0.39, 0.29) is 18.2 Å². The number of alkyl halides is 6. The molecule has 1 fully saturated rings. The summed E-state index contributed by atoms with van der Waals surface area (Å²) in [7, 11) is 0. The summed E-state index contributed by atoms with van der Waals surface area (Å²) in [6.07, 6.45) is -7.54. The van der Waals surface area contributed by atoms with Crippen molar-refractivity contribution < 1.29 is 41.0 Å². The topological polar surface area (TPSA) is 87.6 Å². The number of halogens is 6. The lowest BCUT2D eigenvalue weighted by Crippen LogP contribution is -2.44. The number of anilines is 1. The summed E-state index contributed by atoms with van der Waals surface area (Å²) in [5, 5.41) is 9.93. The molecule has 2 aromatic rings. The van der Waals surface area contributed by atoms with Crippen molar-refractivity contribution >= 4 is 22.6 Å². The van der Waals surface area contributed by atoms with Crippen LogP contribution in [-0.4, -0.2) is 58.2 Å². The Morgan fingerprint density at radius 2 is 1.82 bits per heavy atom. The number of rotatable bonds is 4. The van der Waals surface area contributed by atoms with E-state index in [0.717, 1.165) is 19.5 Å². The molecule has 1 aliphatic rings. The molecule has 1 aliphatic heterocycles. The second-order valence-electron chi connectivity index (χ2n) is 5.50. The first-order chi connectivity index (χ1) is 12.9. The van der Waals surface area contributed by atoms with Crippen LogP contribution < -0.4 is 10.1 Å². The smallest absolute Gasteiger partial charge is 0.406 e. The Labute approximate surface area is 153 Å². The number of likely N-dealkylation sites (tertiary alicyclic amines) is 1. The Morgan fingerprint density at radius 3 is 2.36 bits per heavy atom. The summed E-state index contributed by atoms with van der Waals surface area (Å²) in [5.41, 5.74) is 0.292. The Morgan fingerprint density at radius 1 is 1.18 bits per heavy atom. The Bertz CT molecular complexity index is 818. The van der Waals surface area contributed by atoms with E-state index in [1.165, 1.54) is 24.5 Å². The van der Waals surface area contributed by atoms with Gasteiger partial charge in [0.05, 0.1) is 12.1 Å². The molecular weight excluding hydrogens is 398 g/mol. The number of hydrogen-bond donors (Lipinski definition) is 2. The fourth-order valence-corrected chi connectivity index (χ4v) is 2.21. The van der Waals surface area contributed by atoms with Crippen LogP contribution in [0.2, 0.25) is 0 Å². The van der Waals surface area contributed by atoms with Gasteiger partial charge >= 0.3 is 12.7 Å². The largest absolute Gasteiger partial charge is 0.573 e. The number of aromatic nitrogens is 2. The number of ether oxygens (including phenoxy) is 1. The Hall–Kier alpha value is -2.83. The van der Waals surface area contributed by atoms with Gasteiger partial charge in [-0.2, -0.15) is 0 Å². The highest BCUT2D eigenvalue weighted by molar-refractivity contribution is 5.91. The van der Waals surface area contributed by atoms with Crippen LogP contribution in [0.4, 0.5) is 32.2 Å². The van der Waals surface area contributed by atoms with Crippen LogP contribution in [0, 0.1) is 0 Å². The molecule has 0 saturated carbocycles. The van der Waals surface area contributed by atoms with Crippen molar-refractivity contribution in [3.8, 4) is 5.75 Å². The first-order valence-corrected chi connectivity index (χ1v) is 7.73. The molecule has 1 aromatic heterocycles. The third kappa shape index (κ3) is 7.06. The van der Waals surface area contributed by atoms with Crippen LogP contribution >= 0.6 is 0 Å². The highest BCUT2D eigenvalue weighted by Crippen LogP contribution is 2.27. The second-order valence-corrected chi connectivity index (χ2v) is 5.50. The van der Waals surface area contributed by atoms with Crippen LogP contribution in [0.15, 0.2) is 24.5 Å². The molecule has 1 aromatic carbocycles. The predicted molar refractivity (Wildman–Crippen MR) is 84.2 cm³/mol. The van der Waals surface area contributed by atoms with Crippen LogP contribution in [0.3, 0.4) is 0 Å². The van der Waals surface area contributed by atoms with E-state index in [4.69, 9.17) is 5.11 Å². The molecule has 7 nitrogen and oxygen atoms in total. The van der Waals surface area contributed by atoms with Gasteiger partial charge in [-0.25, -0.2) is 9.97 Å². The minimum Gasteiger partial charge on any atom is -0.406 e. The van der Waals surface area contributed by atoms with E-state index in [1.807, 2.05) is 0 Å². The van der Waals surface area contributed by atoms with Gasteiger partial charge in [-0.05, 0) is 18.6 Å². The number of nitrogens with one attached hydrogen (secondary N) is 1. The van der Waals surface area contributed by atoms with Crippen LogP contribution in [0.25, 0.3) is 10.9 Å². The zero-order valence-corrected chi connectivity index (χ0v) is 14.0. The summed E-state index contributed by atoms with van der Waals surface area (Å²) in [5.74, 6) is -0.00576. The minimum absolute atomic E-state index is 0.0416. The number of amides is 1. The summed E-state index contributed by atoms with van der Waals surface area (Å²) >= 11 is 0. The molecule has 1 amide bonds. The zero-order valence-electron chi connectivity index (χ0n) is 14.0. The van der Waals surface area contributed by atoms with Gasteiger partial charge in [-0.1, -0.05) is 0 Å². The SMILES string of the molecule is O=C(CNc1ncnc2cc(OC(F)(F)F)ccc12)N1CCC1.OC(F)(F)F. The van der Waals surface area contributed by atoms with E-state index < -0.39 is 12.7 Å². The molecule has 0 aliphatic carbocycles. The van der Waals surface area contributed by atoms with Gasteiger partial charge < -0.3 is 20.1 Å². The number of carbonyl (C=O) groups is 1. The van der Waals surface area contributed by atoms with Gasteiger partial charge in [0.1, 0.15) is 17.9 Å². The fourth-order valence-electron chi connectivity index (χ4n) is 2.21. The molecule has 0 bridgehead atoms. The maximum atomic E-state index is 12.2. The highest BCUT2D eigenvalue weighted by Gasteiger charge is 2.31. The lowest BCUT2D eigenvalue weighted by atomic mass is 10.2. The number of hydrogen-bond acceptors (Lipinski definition) is 6. The quantitative estimate of drug-likeness (QED) is 0.751. The van der Waals surface area contributed by atoms with Crippen molar-refractivity contribution in [3.63, 3.8) is 0 Å². The maximum absolute atomic E-state index is 12.2. The normalized spacial score (nSPS) is 14.0. The molecular formula is C15H14F6N4O3. The van der Waals surface area contributed by atoms with E-state index >= 15 is 0 Å². The first-order valence-electron chi connectivity index (χ1n) is 7.73. The third-order valence-electron chi connectivity index (χ3n) is 3.46. The van der Waals surface area contributed by atoms with E-state index in [9.17, 15) is 31.1 Å². The number of fused-ring (bicyclic) bond motifs is 1. The molecule has 0 atom stereocenters. The van der Waals surface area contributed by atoms with Crippen molar-refractivity contribution in [1.82, 2.24) is 14.9 Å². The van der Waals surface area contributed by atoms with Crippen LogP contribution in [-0.2, 0) is 4.79 Å². The van der Waals surface area contributed by atoms with Crippen molar-refractivity contribution in [2.24, 2.45) is 0 Å². The van der Waals surface area contributed by atoms with Gasteiger partial charge in [0.15, 0.2) is 0 Å². The second kappa shape index (κ2) is 8.46. The van der Waals surface area contributed by atoms with Crippen molar-refractivity contribution in [2.45, 2.75) is 19.1 Å². The molecule has 2 heterocycles. The summed E-state index contributed by atoms with van der Waals surface area (Å²) in [6, 6.07) is 3.78. The molecule has 13 heteroatoms. The standard InChI is InChI=1S/C14H13F3N4O2.CHF3O/c15-14(16,17)23-9-2-3-10-11(6-9)19-8-20-13(10)18-7-12(22)21-4-1-5-21;2-1(3,4)5/h2-3,6,8H,1,4-5,7H2,(H,18,19,20);5H. The van der Waals surface area contributed by atoms with Crippen molar-refractivity contribution in [1.29, 1.82) is 0 Å². The predicted octanol–water partition coefficient (Wildman–Crippen LogP) is 2.67. The Kier molecular flexibility index (Phi) is 6.48. The summed E-state index contributed by atoms with van der Waals surface area (Å²) < 4.78 is 70.3. The highest BCUT2D eigenvalue weighted by atomic mass is 19.4. The molecule has 2 N–H and O–H groups in total. The maximum Gasteiger partial charge on any atom is 0.573 e. The summed E-state index contributed by atoms with van der Waals surface area (Å²) in [4.78, 5) is 21.5. The number of carbonyl (C=O) groups excluding carboxylic acids is 1. The lowest BCUT2D eigenvalue weighted by Gasteiger charge is -2.31.